The minimum Gasteiger partial charge on any atom is -0.292 e. The van der Waals surface area contributed by atoms with Crippen molar-refractivity contribution in [2.45, 2.75) is 77.3 Å². The molecule has 2 aromatic rings. The number of likely N-dealkylation sites (tertiary alicyclic amines) is 1. The number of hydrogen-bond donors (Lipinski definition) is 1. The Morgan fingerprint density at radius 2 is 1.81 bits per heavy atom. The zero-order chi connectivity index (χ0) is 26.8. The summed E-state index contributed by atoms with van der Waals surface area (Å²) in [5.74, 6) is -3.24. The van der Waals surface area contributed by atoms with Crippen LogP contribution in [0.3, 0.4) is 0 Å². The second kappa shape index (κ2) is 11.5. The molecule has 0 radical (unpaired) electrons. The third-order valence-electron chi connectivity index (χ3n) is 8.04. The fourth-order valence-corrected chi connectivity index (χ4v) is 7.57. The molecule has 1 N–H and O–H groups in total. The van der Waals surface area contributed by atoms with E-state index in [2.05, 4.69) is 11.6 Å². The Bertz CT molecular complexity index is 1170. The molecule has 2 fully saturated rings. The van der Waals surface area contributed by atoms with Crippen LogP contribution in [0.15, 0.2) is 42.5 Å². The summed E-state index contributed by atoms with van der Waals surface area (Å²) in [5.41, 5.74) is 2.30. The van der Waals surface area contributed by atoms with Crippen molar-refractivity contribution in [3.63, 3.8) is 0 Å². The molecule has 4 rings (SSSR count). The second-order valence-electron chi connectivity index (χ2n) is 11.0. The van der Waals surface area contributed by atoms with Crippen LogP contribution >= 0.6 is 0 Å². The average Bonchev–Trinajstić information content (AvgIpc) is 3.45. The van der Waals surface area contributed by atoms with Crippen LogP contribution in [0.2, 0.25) is 0 Å². The minimum atomic E-state index is -3.90. The van der Waals surface area contributed by atoms with E-state index in [1.165, 1.54) is 0 Å². The van der Waals surface area contributed by atoms with Gasteiger partial charge in [-0.15, -0.1) is 0 Å². The Balaban J connectivity index is 1.69. The normalized spacial score (nSPS) is 23.5. The van der Waals surface area contributed by atoms with Crippen molar-refractivity contribution in [2.24, 2.45) is 11.8 Å². The molecule has 2 aliphatic rings. The SMILES string of the molecule is CCCS(=O)(=O)N[C@@H]1[C@H](Cc2cc(C)cc(-c3ccccc3)c2F)N(CC(C)C2CCCC2)CC1(F)F. The van der Waals surface area contributed by atoms with Crippen molar-refractivity contribution < 1.29 is 21.6 Å². The van der Waals surface area contributed by atoms with E-state index in [9.17, 15) is 8.42 Å². The van der Waals surface area contributed by atoms with Gasteiger partial charge in [0.25, 0.3) is 5.92 Å². The molecule has 204 valence electrons. The first kappa shape index (κ1) is 28.1. The first-order valence-corrected chi connectivity index (χ1v) is 15.1. The molecule has 1 aliphatic carbocycles. The summed E-state index contributed by atoms with van der Waals surface area (Å²) in [6.07, 6.45) is 4.83. The fourth-order valence-electron chi connectivity index (χ4n) is 6.20. The molecule has 3 atom stereocenters. The summed E-state index contributed by atoms with van der Waals surface area (Å²) in [5, 5.41) is 0. The van der Waals surface area contributed by atoms with E-state index in [4.69, 9.17) is 0 Å². The Morgan fingerprint density at radius 1 is 1.14 bits per heavy atom. The van der Waals surface area contributed by atoms with Gasteiger partial charge in [-0.2, -0.15) is 0 Å². The highest BCUT2D eigenvalue weighted by molar-refractivity contribution is 7.89. The summed E-state index contributed by atoms with van der Waals surface area (Å²) < 4.78 is 74.4. The lowest BCUT2D eigenvalue weighted by molar-refractivity contribution is -0.00718. The Kier molecular flexibility index (Phi) is 8.71. The molecule has 0 amide bonds. The molecule has 1 saturated heterocycles. The largest absolute Gasteiger partial charge is 0.292 e. The highest BCUT2D eigenvalue weighted by Gasteiger charge is 2.55. The highest BCUT2D eigenvalue weighted by atomic mass is 32.2. The van der Waals surface area contributed by atoms with E-state index < -0.39 is 40.4 Å². The lowest BCUT2D eigenvalue weighted by Crippen LogP contribution is -2.52. The van der Waals surface area contributed by atoms with Crippen molar-refractivity contribution in [1.29, 1.82) is 0 Å². The summed E-state index contributed by atoms with van der Waals surface area (Å²) >= 11 is 0. The van der Waals surface area contributed by atoms with E-state index >= 15 is 13.2 Å². The lowest BCUT2D eigenvalue weighted by Gasteiger charge is -2.32. The van der Waals surface area contributed by atoms with E-state index in [0.29, 0.717) is 35.6 Å². The van der Waals surface area contributed by atoms with Gasteiger partial charge in [0.15, 0.2) is 0 Å². The van der Waals surface area contributed by atoms with E-state index in [1.807, 2.05) is 37.3 Å². The number of nitrogens with one attached hydrogen (secondary N) is 1. The predicted octanol–water partition coefficient (Wildman–Crippen LogP) is 6.19. The summed E-state index contributed by atoms with van der Waals surface area (Å²) in [4.78, 5) is 1.71. The zero-order valence-electron chi connectivity index (χ0n) is 22.0. The summed E-state index contributed by atoms with van der Waals surface area (Å²) in [6.45, 7) is 5.57. The number of alkyl halides is 2. The van der Waals surface area contributed by atoms with Crippen LogP contribution in [-0.4, -0.2) is 50.2 Å². The van der Waals surface area contributed by atoms with Crippen LogP contribution in [0.4, 0.5) is 13.2 Å². The number of nitrogens with zero attached hydrogens (tertiary/aromatic N) is 1. The number of rotatable bonds is 10. The molecule has 0 spiro atoms. The molecule has 8 heteroatoms. The zero-order valence-corrected chi connectivity index (χ0v) is 22.8. The number of benzene rings is 2. The summed E-state index contributed by atoms with van der Waals surface area (Å²) in [6, 6.07) is 10.2. The van der Waals surface area contributed by atoms with Gasteiger partial charge < -0.3 is 0 Å². The maximum Gasteiger partial charge on any atom is 0.278 e. The third kappa shape index (κ3) is 6.58. The average molecular weight is 537 g/mol. The molecular weight excluding hydrogens is 497 g/mol. The standard InChI is InChI=1S/C29H39F3N2O2S/c1-4-14-37(35,36)33-28-26(34(19-29(28,31)32)18-21(3)22-10-8-9-11-22)17-24-15-20(2)16-25(27(24)30)23-12-6-5-7-13-23/h5-7,12-13,15-16,21-22,26,28,33H,4,8-11,14,17-19H2,1-3H3/t21?,26-,28+/m0/s1. The molecule has 0 bridgehead atoms. The molecule has 1 unspecified atom stereocenters. The van der Waals surface area contributed by atoms with Gasteiger partial charge in [-0.05, 0) is 48.8 Å². The first-order chi connectivity index (χ1) is 17.5. The van der Waals surface area contributed by atoms with Crippen molar-refractivity contribution in [3.05, 3.63) is 59.4 Å². The Hall–Kier alpha value is -1.90. The van der Waals surface area contributed by atoms with Crippen LogP contribution in [0, 0.1) is 24.6 Å². The molecular formula is C29H39F3N2O2S. The molecule has 1 saturated carbocycles. The quantitative estimate of drug-likeness (QED) is 0.394. The second-order valence-corrected chi connectivity index (χ2v) is 12.9. The molecule has 37 heavy (non-hydrogen) atoms. The third-order valence-corrected chi connectivity index (χ3v) is 9.59. The fraction of sp³-hybridized carbons (Fsp3) is 0.586. The van der Waals surface area contributed by atoms with Gasteiger partial charge in [0, 0.05) is 18.2 Å². The van der Waals surface area contributed by atoms with Gasteiger partial charge >= 0.3 is 0 Å². The maximum absolute atomic E-state index is 15.9. The Labute approximate surface area is 219 Å². The van der Waals surface area contributed by atoms with Gasteiger partial charge in [-0.25, -0.2) is 26.3 Å². The van der Waals surface area contributed by atoms with Crippen molar-refractivity contribution in [2.75, 3.05) is 18.8 Å². The van der Waals surface area contributed by atoms with Gasteiger partial charge in [-0.3, -0.25) is 4.90 Å². The van der Waals surface area contributed by atoms with Gasteiger partial charge in [0.05, 0.1) is 12.3 Å². The van der Waals surface area contributed by atoms with Gasteiger partial charge in [0.2, 0.25) is 10.0 Å². The van der Waals surface area contributed by atoms with Crippen LogP contribution in [0.5, 0.6) is 0 Å². The van der Waals surface area contributed by atoms with Crippen LogP contribution in [-0.2, 0) is 16.4 Å². The number of sulfonamides is 1. The van der Waals surface area contributed by atoms with Crippen molar-refractivity contribution in [3.8, 4) is 11.1 Å². The van der Waals surface area contributed by atoms with Crippen LogP contribution in [0.1, 0.15) is 57.1 Å². The van der Waals surface area contributed by atoms with Crippen molar-refractivity contribution in [1.82, 2.24) is 9.62 Å². The smallest absolute Gasteiger partial charge is 0.278 e. The number of aryl methyl sites for hydroxylation is 1. The van der Waals surface area contributed by atoms with Gasteiger partial charge in [0.1, 0.15) is 11.9 Å². The molecule has 2 aromatic carbocycles. The Morgan fingerprint density at radius 3 is 2.46 bits per heavy atom. The number of hydrogen-bond acceptors (Lipinski definition) is 3. The first-order valence-electron chi connectivity index (χ1n) is 13.5. The maximum atomic E-state index is 15.9. The predicted molar refractivity (Wildman–Crippen MR) is 143 cm³/mol. The molecule has 4 nitrogen and oxygen atoms in total. The summed E-state index contributed by atoms with van der Waals surface area (Å²) in [7, 11) is -3.90. The molecule has 1 heterocycles. The molecule has 0 aromatic heterocycles. The molecule has 1 aliphatic heterocycles. The number of halogens is 3. The minimum absolute atomic E-state index is 0.000362. The lowest BCUT2D eigenvalue weighted by atomic mass is 9.90. The van der Waals surface area contributed by atoms with E-state index in [-0.39, 0.29) is 18.1 Å². The highest BCUT2D eigenvalue weighted by Crippen LogP contribution is 2.39. The van der Waals surface area contributed by atoms with Crippen LogP contribution in [0.25, 0.3) is 11.1 Å². The topological polar surface area (TPSA) is 49.4 Å². The van der Waals surface area contributed by atoms with Crippen molar-refractivity contribution >= 4 is 10.0 Å². The van der Waals surface area contributed by atoms with Crippen LogP contribution < -0.4 is 4.72 Å². The van der Waals surface area contributed by atoms with E-state index in [1.54, 1.807) is 24.0 Å². The van der Waals surface area contributed by atoms with Gasteiger partial charge in [-0.1, -0.05) is 81.5 Å². The monoisotopic (exact) mass is 536 g/mol. The van der Waals surface area contributed by atoms with E-state index in [0.717, 1.165) is 31.2 Å².